The average Bonchev–Trinajstić information content (AvgIpc) is 2.16. The van der Waals surface area contributed by atoms with E-state index in [2.05, 4.69) is 9.05 Å². The fourth-order valence-electron chi connectivity index (χ4n) is 0.295. The second-order valence-electron chi connectivity index (χ2n) is 2.08. The van der Waals surface area contributed by atoms with Crippen LogP contribution in [-0.2, 0) is 27.8 Å². The van der Waals surface area contributed by atoms with Gasteiger partial charge >= 0.3 is 66.2 Å². The van der Waals surface area contributed by atoms with Gasteiger partial charge < -0.3 is 9.79 Å². The van der Waals surface area contributed by atoms with E-state index >= 15 is 0 Å². The predicted molar refractivity (Wildman–Crippen MR) is 53.7 cm³/mol. The fourth-order valence-corrected chi connectivity index (χ4v) is 0.886. The summed E-state index contributed by atoms with van der Waals surface area (Å²) in [6.07, 6.45) is 0.173. The van der Waals surface area contributed by atoms with Gasteiger partial charge in [-0.1, -0.05) is 13.8 Å². The van der Waals surface area contributed by atoms with Gasteiger partial charge in [-0.15, -0.1) is 0 Å². The molecule has 0 aliphatic heterocycles. The van der Waals surface area contributed by atoms with Crippen LogP contribution in [0.2, 0.25) is 0 Å². The molecule has 2 atom stereocenters. The van der Waals surface area contributed by atoms with Gasteiger partial charge in [-0.3, -0.25) is 0 Å². The first-order valence-electron chi connectivity index (χ1n) is 4.03. The van der Waals surface area contributed by atoms with Crippen molar-refractivity contribution < 1.29 is 37.6 Å². The molecular weight excluding hydrogens is 302 g/mol. The van der Waals surface area contributed by atoms with Crippen molar-refractivity contribution in [1.82, 2.24) is 0 Å². The van der Waals surface area contributed by atoms with E-state index in [9.17, 15) is 28.5 Å². The molecule has 0 spiro atoms. The summed E-state index contributed by atoms with van der Waals surface area (Å²) in [5, 5.41) is 0. The molecule has 0 rings (SSSR count). The molecule has 0 N–H and O–H groups in total. The molecule has 0 aromatic carbocycles. The molecule has 8 nitrogen and oxygen atoms in total. The van der Waals surface area contributed by atoms with Crippen molar-refractivity contribution >= 4 is 66.2 Å². The van der Waals surface area contributed by atoms with Crippen molar-refractivity contribution in [2.75, 3.05) is 0 Å². The van der Waals surface area contributed by atoms with E-state index in [1.54, 1.807) is 0 Å². The maximum atomic E-state index is 10.0. The van der Waals surface area contributed by atoms with Gasteiger partial charge in [0.25, 0.3) is 0 Å². The van der Waals surface area contributed by atoms with Crippen molar-refractivity contribution in [3.63, 3.8) is 0 Å². The third-order valence-corrected chi connectivity index (χ3v) is 1.64. The number of hydrogen-bond acceptors (Lipinski definition) is 8. The third kappa shape index (κ3) is 22.0. The van der Waals surface area contributed by atoms with Gasteiger partial charge in [-0.25, -0.2) is 18.6 Å². The largest absolute Gasteiger partial charge is 2.00 e. The van der Waals surface area contributed by atoms with Crippen molar-refractivity contribution in [3.05, 3.63) is 0 Å². The number of hydrogen-bond donors (Lipinski definition) is 0. The van der Waals surface area contributed by atoms with Gasteiger partial charge in [0, 0.05) is 12.8 Å². The zero-order chi connectivity index (χ0) is 13.1. The summed E-state index contributed by atoms with van der Waals surface area (Å²) in [6, 6.07) is 0. The summed E-state index contributed by atoms with van der Waals surface area (Å²) in [4.78, 5) is 39.2. The Morgan fingerprint density at radius 2 is 1.18 bits per heavy atom. The number of carbonyl (C=O) groups excluding carboxylic acids is 2. The molecule has 0 heterocycles. The normalized spacial score (nSPS) is 9.88. The van der Waals surface area contributed by atoms with Gasteiger partial charge in [0.15, 0.2) is 0 Å². The Kier molecular flexibility index (Phi) is 19.0. The Labute approximate surface area is 130 Å². The minimum atomic E-state index is -3.00. The minimum Gasteiger partial charge on any atom is -0.558 e. The Hall–Kier alpha value is 0.320. The predicted octanol–water partition coefficient (Wildman–Crippen LogP) is -0.466. The summed E-state index contributed by atoms with van der Waals surface area (Å²) in [5.74, 6) is -1.44. The van der Waals surface area contributed by atoms with Crippen LogP contribution in [0.25, 0.3) is 0 Å². The van der Waals surface area contributed by atoms with Crippen LogP contribution in [-0.4, -0.2) is 49.7 Å². The molecule has 17 heavy (non-hydrogen) atoms. The van der Waals surface area contributed by atoms with Gasteiger partial charge in [0.05, 0.1) is 0 Å². The van der Waals surface area contributed by atoms with E-state index in [4.69, 9.17) is 0 Å². The molecule has 2 unspecified atom stereocenters. The molecule has 0 bridgehead atoms. The zero-order valence-electron chi connectivity index (χ0n) is 9.28. The van der Waals surface area contributed by atoms with E-state index in [-0.39, 0.29) is 50.6 Å². The van der Waals surface area contributed by atoms with E-state index < -0.39 is 28.4 Å². The van der Waals surface area contributed by atoms with E-state index in [1.807, 2.05) is 0 Å². The zero-order valence-corrected chi connectivity index (χ0v) is 13.3. The van der Waals surface area contributed by atoms with Crippen LogP contribution in [0.1, 0.15) is 26.7 Å². The Morgan fingerprint density at radius 3 is 1.24 bits per heavy atom. The first-order chi connectivity index (χ1) is 7.33. The standard InChI is InChI=1S/2C3H5O4P.Ca/c2*1-2-3(4)7-8(5)6;/h2*2H2,1H3;/q;;+2. The molecule has 0 amide bonds. The summed E-state index contributed by atoms with van der Waals surface area (Å²) in [6.45, 7) is 3.03. The van der Waals surface area contributed by atoms with Crippen molar-refractivity contribution in [1.29, 1.82) is 0 Å². The quantitative estimate of drug-likeness (QED) is 0.502. The van der Waals surface area contributed by atoms with Crippen LogP contribution in [0.3, 0.4) is 0 Å². The first-order valence-corrected chi connectivity index (χ1v) is 6.22. The van der Waals surface area contributed by atoms with Gasteiger partial charge in [0.1, 0.15) is 0 Å². The molecule has 11 heteroatoms. The molecule has 92 valence electrons. The molecule has 0 saturated heterocycles. The van der Waals surface area contributed by atoms with Gasteiger partial charge in [0.2, 0.25) is 0 Å². The molecule has 0 saturated carbocycles. The van der Waals surface area contributed by atoms with Crippen LogP contribution in [0.4, 0.5) is 0 Å². The van der Waals surface area contributed by atoms with E-state index in [0.29, 0.717) is 0 Å². The van der Waals surface area contributed by atoms with Gasteiger partial charge in [-0.05, 0) is 9.13 Å². The second kappa shape index (κ2) is 14.4. The molecule has 0 aromatic heterocycles. The smallest absolute Gasteiger partial charge is 0.558 e. The molecule has 0 aliphatic carbocycles. The third-order valence-electron chi connectivity index (χ3n) is 0.930. The van der Waals surface area contributed by atoms with E-state index in [0.717, 1.165) is 0 Å². The number of rotatable bonds is 4. The van der Waals surface area contributed by atoms with Crippen LogP contribution in [0.15, 0.2) is 0 Å². The van der Waals surface area contributed by atoms with Crippen LogP contribution < -0.4 is 9.79 Å². The number of carbonyl (C=O) groups is 2. The van der Waals surface area contributed by atoms with Crippen LogP contribution >= 0.6 is 16.5 Å². The molecule has 0 aliphatic rings. The topological polar surface area (TPSA) is 133 Å². The maximum Gasteiger partial charge on any atom is 2.00 e. The molecule has 0 radical (unpaired) electrons. The van der Waals surface area contributed by atoms with Crippen LogP contribution in [0, 0.1) is 0 Å². The first kappa shape index (κ1) is 22.5. The monoisotopic (exact) mass is 312 g/mol. The van der Waals surface area contributed by atoms with Crippen LogP contribution in [0.5, 0.6) is 0 Å². The molecule has 0 aromatic rings. The summed E-state index contributed by atoms with van der Waals surface area (Å²) < 4.78 is 26.6. The van der Waals surface area contributed by atoms with Gasteiger partial charge in [-0.2, -0.15) is 0 Å². The molecule has 0 fully saturated rings. The second-order valence-corrected chi connectivity index (χ2v) is 3.34. The molecular formula is C6H10CaO8P2+2. The Bertz CT molecular complexity index is 253. The van der Waals surface area contributed by atoms with E-state index in [1.165, 1.54) is 13.8 Å². The maximum absolute atomic E-state index is 10.0. The Balaban J connectivity index is -0.000000218. The fraction of sp³-hybridized carbons (Fsp3) is 0.667. The summed E-state index contributed by atoms with van der Waals surface area (Å²) in [7, 11) is -5.99. The van der Waals surface area contributed by atoms with Crippen molar-refractivity contribution in [2.45, 2.75) is 26.7 Å². The van der Waals surface area contributed by atoms with Crippen molar-refractivity contribution in [3.8, 4) is 0 Å². The average molecular weight is 312 g/mol. The van der Waals surface area contributed by atoms with Crippen molar-refractivity contribution in [2.24, 2.45) is 0 Å². The SMILES string of the molecule is CCC(=O)O[P+](=O)[O-].CCC(=O)O[P+](=O)[O-].[Ca+2]. The minimum absolute atomic E-state index is 0. The summed E-state index contributed by atoms with van der Waals surface area (Å²) >= 11 is 0. The Morgan fingerprint density at radius 1 is 0.941 bits per heavy atom. The summed E-state index contributed by atoms with van der Waals surface area (Å²) in [5.41, 5.74) is 0.